The fourth-order valence-corrected chi connectivity index (χ4v) is 4.15. The first kappa shape index (κ1) is 22.7. The smallest absolute Gasteiger partial charge is 0.321 e. The van der Waals surface area contributed by atoms with Crippen LogP contribution in [0, 0.1) is 5.92 Å². The van der Waals surface area contributed by atoms with Gasteiger partial charge in [0.25, 0.3) is 0 Å². The molecule has 0 unspecified atom stereocenters. The summed E-state index contributed by atoms with van der Waals surface area (Å²) in [4.78, 5) is 39.0. The van der Waals surface area contributed by atoms with Crippen LogP contribution in [0.15, 0.2) is 0 Å². The van der Waals surface area contributed by atoms with Gasteiger partial charge in [0.15, 0.2) is 0 Å². The van der Waals surface area contributed by atoms with Crippen molar-refractivity contribution in [3.05, 3.63) is 0 Å². The number of piperidine rings is 1. The van der Waals surface area contributed by atoms with E-state index in [1.807, 2.05) is 11.8 Å². The Bertz CT molecular complexity index is 520. The average molecular weight is 395 g/mol. The lowest BCUT2D eigenvalue weighted by Gasteiger charge is -2.35. The first-order valence-corrected chi connectivity index (χ1v) is 11.1. The Labute approximate surface area is 169 Å². The summed E-state index contributed by atoms with van der Waals surface area (Å²) in [6.45, 7) is 6.06. The molecule has 2 fully saturated rings. The molecule has 28 heavy (non-hydrogen) atoms. The summed E-state index contributed by atoms with van der Waals surface area (Å²) < 4.78 is 0. The lowest BCUT2D eigenvalue weighted by Crippen LogP contribution is -2.54. The van der Waals surface area contributed by atoms with E-state index in [0.717, 1.165) is 64.5 Å². The number of unbranched alkanes of at least 4 members (excludes halogenated alkanes) is 3. The van der Waals surface area contributed by atoms with Crippen LogP contribution in [0.25, 0.3) is 0 Å². The monoisotopic (exact) mass is 394 g/mol. The van der Waals surface area contributed by atoms with E-state index >= 15 is 0 Å². The van der Waals surface area contributed by atoms with Crippen LogP contribution in [-0.4, -0.2) is 54.5 Å². The highest BCUT2D eigenvalue weighted by Crippen LogP contribution is 2.19. The Hall–Kier alpha value is -1.63. The minimum Gasteiger partial charge on any atom is -0.356 e. The van der Waals surface area contributed by atoms with Crippen molar-refractivity contribution in [3.8, 4) is 0 Å². The highest BCUT2D eigenvalue weighted by Gasteiger charge is 2.31. The van der Waals surface area contributed by atoms with E-state index in [2.05, 4.69) is 22.9 Å². The zero-order valence-electron chi connectivity index (χ0n) is 17.6. The normalized spacial score (nSPS) is 21.9. The summed E-state index contributed by atoms with van der Waals surface area (Å²) in [6, 6.07) is -0.639. The molecule has 160 valence electrons. The van der Waals surface area contributed by atoms with Crippen molar-refractivity contribution in [2.24, 2.45) is 5.92 Å². The number of amides is 4. The topological polar surface area (TPSA) is 90.5 Å². The zero-order chi connectivity index (χ0) is 20.4. The van der Waals surface area contributed by atoms with Gasteiger partial charge >= 0.3 is 6.03 Å². The molecular weight excluding hydrogens is 356 g/mol. The van der Waals surface area contributed by atoms with Crippen LogP contribution in [0.5, 0.6) is 0 Å². The summed E-state index contributed by atoms with van der Waals surface area (Å²) >= 11 is 0. The third-order valence-corrected chi connectivity index (χ3v) is 6.01. The highest BCUT2D eigenvalue weighted by molar-refractivity contribution is 5.97. The van der Waals surface area contributed by atoms with Crippen LogP contribution >= 0.6 is 0 Å². The Kier molecular flexibility index (Phi) is 9.75. The lowest BCUT2D eigenvalue weighted by atomic mass is 9.95. The Balaban J connectivity index is 1.72. The van der Waals surface area contributed by atoms with Gasteiger partial charge in [0.2, 0.25) is 11.8 Å². The summed E-state index contributed by atoms with van der Waals surface area (Å²) in [5.74, 6) is -0.286. The van der Waals surface area contributed by atoms with Gasteiger partial charge in [-0.25, -0.2) is 4.79 Å². The molecule has 1 aliphatic carbocycles. The Morgan fingerprint density at radius 3 is 2.50 bits per heavy atom. The predicted molar refractivity (Wildman–Crippen MR) is 110 cm³/mol. The molecule has 7 heteroatoms. The van der Waals surface area contributed by atoms with E-state index in [4.69, 9.17) is 0 Å². The van der Waals surface area contributed by atoms with Gasteiger partial charge in [0.1, 0.15) is 0 Å². The molecule has 0 aromatic rings. The van der Waals surface area contributed by atoms with Crippen molar-refractivity contribution in [1.29, 1.82) is 0 Å². The number of likely N-dealkylation sites (tertiary alicyclic amines) is 1. The number of urea groups is 1. The maximum absolute atomic E-state index is 12.5. The number of nitrogens with zero attached hydrogens (tertiary/aromatic N) is 1. The van der Waals surface area contributed by atoms with Gasteiger partial charge < -0.3 is 10.6 Å². The number of carbonyl (C=O) groups is 3. The Morgan fingerprint density at radius 1 is 1.04 bits per heavy atom. The van der Waals surface area contributed by atoms with Crippen molar-refractivity contribution < 1.29 is 14.4 Å². The number of carbonyl (C=O) groups excluding carboxylic acids is 3. The van der Waals surface area contributed by atoms with E-state index in [1.54, 1.807) is 0 Å². The van der Waals surface area contributed by atoms with Crippen LogP contribution in [0.3, 0.4) is 0 Å². The van der Waals surface area contributed by atoms with Crippen LogP contribution in [-0.2, 0) is 9.59 Å². The van der Waals surface area contributed by atoms with Crippen LogP contribution < -0.4 is 16.0 Å². The minimum atomic E-state index is -0.422. The van der Waals surface area contributed by atoms with E-state index in [0.29, 0.717) is 6.54 Å². The van der Waals surface area contributed by atoms with Crippen LogP contribution in [0.4, 0.5) is 4.79 Å². The second kappa shape index (κ2) is 12.0. The van der Waals surface area contributed by atoms with Crippen molar-refractivity contribution >= 4 is 17.8 Å². The maximum atomic E-state index is 12.5. The van der Waals surface area contributed by atoms with Gasteiger partial charge in [0, 0.05) is 19.1 Å². The third-order valence-electron chi connectivity index (χ3n) is 6.01. The standard InChI is InChI=1S/C21H38N4O3/c1-3-4-5-8-13-22-20(27)17-10-9-14-25(15-17)16(2)19(26)24-21(28)23-18-11-6-7-12-18/h16-18H,3-15H2,1-2H3,(H,22,27)(H2,23,24,26,28)/t16-,17+/m1/s1. The van der Waals surface area contributed by atoms with Gasteiger partial charge in [-0.1, -0.05) is 39.0 Å². The van der Waals surface area contributed by atoms with Crippen LogP contribution in [0.2, 0.25) is 0 Å². The Morgan fingerprint density at radius 2 is 1.79 bits per heavy atom. The fourth-order valence-electron chi connectivity index (χ4n) is 4.15. The van der Waals surface area contributed by atoms with Gasteiger partial charge in [-0.05, 0) is 45.6 Å². The molecule has 2 aliphatic rings. The molecule has 0 radical (unpaired) electrons. The molecule has 0 bridgehead atoms. The molecule has 1 aliphatic heterocycles. The van der Waals surface area contributed by atoms with Crippen molar-refractivity contribution in [3.63, 3.8) is 0 Å². The summed E-state index contributed by atoms with van der Waals surface area (Å²) in [5.41, 5.74) is 0. The third kappa shape index (κ3) is 7.41. The molecule has 4 amide bonds. The first-order valence-electron chi connectivity index (χ1n) is 11.1. The molecule has 1 saturated heterocycles. The molecule has 0 aromatic heterocycles. The van der Waals surface area contributed by atoms with Crippen molar-refractivity contribution in [2.75, 3.05) is 19.6 Å². The molecule has 0 spiro atoms. The summed E-state index contributed by atoms with van der Waals surface area (Å²) in [5, 5.41) is 8.39. The van der Waals surface area contributed by atoms with E-state index < -0.39 is 12.1 Å². The van der Waals surface area contributed by atoms with Crippen LogP contribution in [0.1, 0.15) is 78.1 Å². The molecule has 1 heterocycles. The quantitative estimate of drug-likeness (QED) is 0.524. The number of hydrogen-bond donors (Lipinski definition) is 3. The highest BCUT2D eigenvalue weighted by atomic mass is 16.2. The number of rotatable bonds is 9. The molecule has 0 aromatic carbocycles. The fraction of sp³-hybridized carbons (Fsp3) is 0.857. The summed E-state index contributed by atoms with van der Waals surface area (Å²) in [7, 11) is 0. The first-order chi connectivity index (χ1) is 13.5. The number of imide groups is 1. The maximum Gasteiger partial charge on any atom is 0.321 e. The predicted octanol–water partition coefficient (Wildman–Crippen LogP) is 2.55. The van der Waals surface area contributed by atoms with Gasteiger partial charge in [-0.15, -0.1) is 0 Å². The average Bonchev–Trinajstić information content (AvgIpc) is 3.19. The van der Waals surface area contributed by atoms with E-state index in [1.165, 1.54) is 12.8 Å². The zero-order valence-corrected chi connectivity index (χ0v) is 17.6. The molecule has 3 N–H and O–H groups in total. The number of nitrogens with one attached hydrogen (secondary N) is 3. The molecule has 1 saturated carbocycles. The van der Waals surface area contributed by atoms with E-state index in [-0.39, 0.29) is 23.8 Å². The molecule has 7 nitrogen and oxygen atoms in total. The largest absolute Gasteiger partial charge is 0.356 e. The van der Waals surface area contributed by atoms with Gasteiger partial charge in [-0.3, -0.25) is 19.8 Å². The number of hydrogen-bond acceptors (Lipinski definition) is 4. The van der Waals surface area contributed by atoms with Crippen molar-refractivity contribution in [2.45, 2.75) is 90.1 Å². The van der Waals surface area contributed by atoms with Crippen molar-refractivity contribution in [1.82, 2.24) is 20.9 Å². The lowest BCUT2D eigenvalue weighted by molar-refractivity contribution is -0.130. The molecule has 2 rings (SSSR count). The second-order valence-corrected chi connectivity index (χ2v) is 8.31. The molecule has 2 atom stereocenters. The SMILES string of the molecule is CCCCCCNC(=O)[C@H]1CCCN([C@H](C)C(=O)NC(=O)NC2CCCC2)C1. The van der Waals surface area contributed by atoms with Gasteiger partial charge in [0.05, 0.1) is 12.0 Å². The minimum absolute atomic E-state index is 0.0810. The van der Waals surface area contributed by atoms with E-state index in [9.17, 15) is 14.4 Å². The second-order valence-electron chi connectivity index (χ2n) is 8.31. The summed E-state index contributed by atoms with van der Waals surface area (Å²) in [6.07, 6.45) is 10.5. The van der Waals surface area contributed by atoms with Gasteiger partial charge in [-0.2, -0.15) is 0 Å². The molecular formula is C21H38N4O3.